The molecule has 1 N–H and O–H groups in total. The van der Waals surface area contributed by atoms with Crippen molar-refractivity contribution in [2.45, 2.75) is 39.5 Å². The van der Waals surface area contributed by atoms with Crippen LogP contribution in [0.4, 0.5) is 0 Å². The van der Waals surface area contributed by atoms with Crippen LogP contribution in [0.2, 0.25) is 0 Å². The largest absolute Gasteiger partial charge is 0.315 e. The van der Waals surface area contributed by atoms with Gasteiger partial charge in [0.25, 0.3) is 0 Å². The number of fused-ring (bicyclic) bond motifs is 1. The van der Waals surface area contributed by atoms with Crippen LogP contribution < -0.4 is 5.32 Å². The van der Waals surface area contributed by atoms with Gasteiger partial charge in [-0.25, -0.2) is 4.98 Å². The topological polar surface area (TPSA) is 58.9 Å². The van der Waals surface area contributed by atoms with Crippen LogP contribution in [0.5, 0.6) is 0 Å². The first-order valence-electron chi connectivity index (χ1n) is 7.08. The molecule has 0 aliphatic carbocycles. The van der Waals surface area contributed by atoms with E-state index in [1.165, 1.54) is 5.01 Å². The predicted octanol–water partition coefficient (Wildman–Crippen LogP) is 1.25. The van der Waals surface area contributed by atoms with Gasteiger partial charge >= 0.3 is 0 Å². The molecule has 0 bridgehead atoms. The summed E-state index contributed by atoms with van der Waals surface area (Å²) < 4.78 is 2.12. The van der Waals surface area contributed by atoms with E-state index >= 15 is 0 Å². The molecular formula is C13H20N6S. The van der Waals surface area contributed by atoms with Crippen LogP contribution in [0, 0.1) is 0 Å². The molecule has 0 amide bonds. The van der Waals surface area contributed by atoms with Gasteiger partial charge in [-0.1, -0.05) is 6.92 Å². The SMILES string of the molecule is CCCNCc1nc(CN2CCn3cnnc3C2)cs1. The highest BCUT2D eigenvalue weighted by atomic mass is 32.1. The first-order chi connectivity index (χ1) is 9.85. The smallest absolute Gasteiger partial charge is 0.147 e. The third-order valence-corrected chi connectivity index (χ3v) is 4.30. The molecule has 0 saturated heterocycles. The Kier molecular flexibility index (Phi) is 4.39. The van der Waals surface area contributed by atoms with E-state index in [0.717, 1.165) is 57.2 Å². The second kappa shape index (κ2) is 6.43. The van der Waals surface area contributed by atoms with E-state index in [1.807, 2.05) is 6.33 Å². The third-order valence-electron chi connectivity index (χ3n) is 3.41. The van der Waals surface area contributed by atoms with Crippen molar-refractivity contribution in [2.24, 2.45) is 0 Å². The van der Waals surface area contributed by atoms with Gasteiger partial charge in [0.2, 0.25) is 0 Å². The predicted molar refractivity (Wildman–Crippen MR) is 78.2 cm³/mol. The Morgan fingerprint density at radius 1 is 1.40 bits per heavy atom. The average Bonchev–Trinajstić information content (AvgIpc) is 3.08. The number of hydrogen-bond donors (Lipinski definition) is 1. The molecule has 20 heavy (non-hydrogen) atoms. The lowest BCUT2D eigenvalue weighted by Crippen LogP contribution is -2.33. The van der Waals surface area contributed by atoms with Gasteiger partial charge in [-0.2, -0.15) is 0 Å². The first kappa shape index (κ1) is 13.7. The zero-order valence-corrected chi connectivity index (χ0v) is 12.6. The van der Waals surface area contributed by atoms with Crippen molar-refractivity contribution in [2.75, 3.05) is 13.1 Å². The zero-order chi connectivity index (χ0) is 13.8. The second-order valence-electron chi connectivity index (χ2n) is 5.06. The summed E-state index contributed by atoms with van der Waals surface area (Å²) >= 11 is 1.74. The quantitative estimate of drug-likeness (QED) is 0.812. The summed E-state index contributed by atoms with van der Waals surface area (Å²) in [6, 6.07) is 0. The lowest BCUT2D eigenvalue weighted by atomic mass is 10.3. The number of nitrogens with one attached hydrogen (secondary N) is 1. The Labute approximate surface area is 122 Å². The molecule has 108 valence electrons. The van der Waals surface area contributed by atoms with Crippen molar-refractivity contribution in [1.82, 2.24) is 30.0 Å². The molecule has 0 unspecified atom stereocenters. The lowest BCUT2D eigenvalue weighted by molar-refractivity contribution is 0.207. The number of thiazole rings is 1. The minimum Gasteiger partial charge on any atom is -0.315 e. The van der Waals surface area contributed by atoms with Gasteiger partial charge < -0.3 is 9.88 Å². The number of rotatable bonds is 6. The molecule has 0 radical (unpaired) electrons. The zero-order valence-electron chi connectivity index (χ0n) is 11.7. The standard InChI is InChI=1S/C13H20N6S/c1-2-3-14-6-13-16-11(9-20-13)7-18-4-5-19-10-15-17-12(19)8-18/h9-10,14H,2-8H2,1H3. The van der Waals surface area contributed by atoms with Gasteiger partial charge in [-0.3, -0.25) is 4.90 Å². The second-order valence-corrected chi connectivity index (χ2v) is 6.00. The summed E-state index contributed by atoms with van der Waals surface area (Å²) in [6.07, 6.45) is 2.97. The van der Waals surface area contributed by atoms with Crippen LogP contribution in [0.1, 0.15) is 29.9 Å². The van der Waals surface area contributed by atoms with Crippen molar-refractivity contribution in [3.63, 3.8) is 0 Å². The number of nitrogens with zero attached hydrogens (tertiary/aromatic N) is 5. The van der Waals surface area contributed by atoms with Crippen LogP contribution in [-0.4, -0.2) is 37.7 Å². The van der Waals surface area contributed by atoms with E-state index in [0.29, 0.717) is 0 Å². The summed E-state index contributed by atoms with van der Waals surface area (Å²) in [5.41, 5.74) is 1.16. The summed E-state index contributed by atoms with van der Waals surface area (Å²) in [5, 5.41) is 14.8. The fraction of sp³-hybridized carbons (Fsp3) is 0.615. The Balaban J connectivity index is 1.54. The van der Waals surface area contributed by atoms with Crippen molar-refractivity contribution in [3.05, 3.63) is 28.2 Å². The first-order valence-corrected chi connectivity index (χ1v) is 7.96. The molecule has 0 atom stereocenters. The molecule has 0 fully saturated rings. The molecule has 2 aromatic heterocycles. The molecule has 0 spiro atoms. The molecule has 1 aliphatic heterocycles. The monoisotopic (exact) mass is 292 g/mol. The minimum absolute atomic E-state index is 0.862. The van der Waals surface area contributed by atoms with E-state index < -0.39 is 0 Å². The van der Waals surface area contributed by atoms with E-state index in [9.17, 15) is 0 Å². The molecule has 1 aliphatic rings. The normalized spacial score (nSPS) is 15.4. The Morgan fingerprint density at radius 3 is 3.25 bits per heavy atom. The summed E-state index contributed by atoms with van der Waals surface area (Å²) in [4.78, 5) is 7.07. The van der Waals surface area contributed by atoms with Crippen molar-refractivity contribution >= 4 is 11.3 Å². The molecule has 0 aromatic carbocycles. The molecule has 3 heterocycles. The van der Waals surface area contributed by atoms with E-state index in [1.54, 1.807) is 11.3 Å². The summed E-state index contributed by atoms with van der Waals surface area (Å²) in [6.45, 7) is 7.88. The summed E-state index contributed by atoms with van der Waals surface area (Å²) in [7, 11) is 0. The molecule has 0 saturated carbocycles. The van der Waals surface area contributed by atoms with E-state index in [2.05, 4.69) is 37.3 Å². The molecule has 7 heteroatoms. The molecule has 3 rings (SSSR count). The molecule has 6 nitrogen and oxygen atoms in total. The fourth-order valence-electron chi connectivity index (χ4n) is 2.36. The van der Waals surface area contributed by atoms with Crippen molar-refractivity contribution < 1.29 is 0 Å². The third kappa shape index (κ3) is 3.23. The van der Waals surface area contributed by atoms with Crippen molar-refractivity contribution in [3.8, 4) is 0 Å². The van der Waals surface area contributed by atoms with Gasteiger partial charge in [-0.15, -0.1) is 21.5 Å². The van der Waals surface area contributed by atoms with E-state index in [4.69, 9.17) is 4.98 Å². The van der Waals surface area contributed by atoms with Gasteiger partial charge in [0.15, 0.2) is 0 Å². The Bertz CT molecular complexity index is 549. The lowest BCUT2D eigenvalue weighted by Gasteiger charge is -2.25. The molecular weight excluding hydrogens is 272 g/mol. The number of hydrogen-bond acceptors (Lipinski definition) is 6. The maximum atomic E-state index is 4.69. The average molecular weight is 292 g/mol. The molecule has 2 aromatic rings. The maximum absolute atomic E-state index is 4.69. The van der Waals surface area contributed by atoms with Gasteiger partial charge in [0, 0.05) is 31.6 Å². The highest BCUT2D eigenvalue weighted by Crippen LogP contribution is 2.15. The van der Waals surface area contributed by atoms with Crippen LogP contribution in [0.3, 0.4) is 0 Å². The van der Waals surface area contributed by atoms with E-state index in [-0.39, 0.29) is 0 Å². The highest BCUT2D eigenvalue weighted by Gasteiger charge is 2.18. The van der Waals surface area contributed by atoms with Gasteiger partial charge in [0.05, 0.1) is 12.2 Å². The maximum Gasteiger partial charge on any atom is 0.147 e. The van der Waals surface area contributed by atoms with Crippen LogP contribution in [0.25, 0.3) is 0 Å². The van der Waals surface area contributed by atoms with Gasteiger partial charge in [-0.05, 0) is 13.0 Å². The highest BCUT2D eigenvalue weighted by molar-refractivity contribution is 7.09. The Morgan fingerprint density at radius 2 is 2.35 bits per heavy atom. The minimum atomic E-state index is 0.862. The van der Waals surface area contributed by atoms with Crippen LogP contribution in [0.15, 0.2) is 11.7 Å². The van der Waals surface area contributed by atoms with Gasteiger partial charge in [0.1, 0.15) is 17.2 Å². The van der Waals surface area contributed by atoms with Crippen LogP contribution in [-0.2, 0) is 26.2 Å². The fourth-order valence-corrected chi connectivity index (χ4v) is 3.11. The number of aromatic nitrogens is 4. The summed E-state index contributed by atoms with van der Waals surface area (Å²) in [5.74, 6) is 1.05. The Hall–Kier alpha value is -1.31. The van der Waals surface area contributed by atoms with Crippen molar-refractivity contribution in [1.29, 1.82) is 0 Å². The van der Waals surface area contributed by atoms with Crippen LogP contribution >= 0.6 is 11.3 Å².